The van der Waals surface area contributed by atoms with E-state index in [1.165, 1.54) is 0 Å². The van der Waals surface area contributed by atoms with Gasteiger partial charge in [0.25, 0.3) is 0 Å². The average molecular weight is 289 g/mol. The molecule has 1 saturated heterocycles. The topological polar surface area (TPSA) is 57.6 Å². The van der Waals surface area contributed by atoms with Gasteiger partial charge in [-0.25, -0.2) is 17.2 Å². The van der Waals surface area contributed by atoms with E-state index in [9.17, 15) is 22.3 Å². The van der Waals surface area contributed by atoms with Crippen LogP contribution in [0, 0.1) is 17.6 Å². The molecule has 1 saturated carbocycles. The Balaban J connectivity index is 1.84. The molecule has 1 aliphatic heterocycles. The molecule has 0 radical (unpaired) electrons. The number of β-amino-alcohol motifs (C(OH)–C–C–N with tert-alkyl or cyclic N) is 1. The van der Waals surface area contributed by atoms with Gasteiger partial charge >= 0.3 is 0 Å². The van der Waals surface area contributed by atoms with Crippen LogP contribution in [-0.2, 0) is 10.0 Å². The van der Waals surface area contributed by atoms with Gasteiger partial charge in [-0.2, -0.15) is 4.31 Å². The molecule has 0 bridgehead atoms. The Morgan fingerprint density at radius 1 is 1.26 bits per heavy atom. The molecule has 0 unspecified atom stereocenters. The number of halogens is 2. The van der Waals surface area contributed by atoms with Gasteiger partial charge in [-0.3, -0.25) is 0 Å². The fourth-order valence-electron chi connectivity index (χ4n) is 2.44. The highest BCUT2D eigenvalue weighted by Crippen LogP contribution is 2.45. The molecule has 2 aliphatic rings. The lowest BCUT2D eigenvalue weighted by Gasteiger charge is -2.45. The Labute approximate surface area is 109 Å². The van der Waals surface area contributed by atoms with Gasteiger partial charge in [-0.15, -0.1) is 0 Å². The Bertz CT molecular complexity index is 622. The smallest absolute Gasteiger partial charge is 0.246 e. The van der Waals surface area contributed by atoms with E-state index in [1.54, 1.807) is 0 Å². The van der Waals surface area contributed by atoms with Gasteiger partial charge < -0.3 is 5.11 Å². The van der Waals surface area contributed by atoms with Crippen molar-refractivity contribution in [3.05, 3.63) is 29.8 Å². The summed E-state index contributed by atoms with van der Waals surface area (Å²) in [7, 11) is -3.99. The van der Waals surface area contributed by atoms with Crippen LogP contribution in [0.2, 0.25) is 0 Å². The fraction of sp³-hybridized carbons (Fsp3) is 0.500. The van der Waals surface area contributed by atoms with E-state index < -0.39 is 32.2 Å². The molecule has 1 aliphatic carbocycles. The summed E-state index contributed by atoms with van der Waals surface area (Å²) in [6, 6.07) is 2.36. The molecule has 1 aromatic carbocycles. The van der Waals surface area contributed by atoms with E-state index in [4.69, 9.17) is 0 Å². The second-order valence-corrected chi connectivity index (χ2v) is 7.13. The monoisotopic (exact) mass is 289 g/mol. The molecule has 2 fully saturated rings. The van der Waals surface area contributed by atoms with E-state index in [-0.39, 0.29) is 19.0 Å². The SMILES string of the molecule is O=S(=O)(c1ccc(F)cc1F)N1CC(O)(C2CC2)C1. The zero-order chi connectivity index (χ0) is 13.8. The van der Waals surface area contributed by atoms with E-state index >= 15 is 0 Å². The second kappa shape index (κ2) is 3.97. The normalized spacial score (nSPS) is 23.1. The zero-order valence-corrected chi connectivity index (χ0v) is 10.8. The van der Waals surface area contributed by atoms with Gasteiger partial charge in [-0.1, -0.05) is 0 Å². The van der Waals surface area contributed by atoms with Crippen molar-refractivity contribution < 1.29 is 22.3 Å². The van der Waals surface area contributed by atoms with Crippen LogP contribution < -0.4 is 0 Å². The Kier molecular flexibility index (Phi) is 2.71. The summed E-state index contributed by atoms with van der Waals surface area (Å²) in [5.41, 5.74) is -0.969. The quantitative estimate of drug-likeness (QED) is 0.907. The first kappa shape index (κ1) is 13.0. The van der Waals surface area contributed by atoms with Crippen LogP contribution in [0.3, 0.4) is 0 Å². The minimum atomic E-state index is -3.99. The molecule has 1 N–H and O–H groups in total. The maximum atomic E-state index is 13.5. The lowest BCUT2D eigenvalue weighted by atomic mass is 9.91. The zero-order valence-electron chi connectivity index (χ0n) is 10.0. The number of rotatable bonds is 3. The van der Waals surface area contributed by atoms with Crippen LogP contribution >= 0.6 is 0 Å². The van der Waals surface area contributed by atoms with Gasteiger partial charge in [0.15, 0.2) is 0 Å². The lowest BCUT2D eigenvalue weighted by molar-refractivity contribution is -0.0765. The molecule has 19 heavy (non-hydrogen) atoms. The van der Waals surface area contributed by atoms with E-state index in [0.29, 0.717) is 6.07 Å². The summed E-state index contributed by atoms with van der Waals surface area (Å²) in [6.07, 6.45) is 1.80. The number of benzene rings is 1. The molecule has 0 aromatic heterocycles. The molecular formula is C12H13F2NO3S. The molecule has 0 amide bonds. The van der Waals surface area contributed by atoms with Crippen LogP contribution in [0.5, 0.6) is 0 Å². The second-order valence-electron chi connectivity index (χ2n) is 5.23. The summed E-state index contributed by atoms with van der Waals surface area (Å²) in [4.78, 5) is -0.549. The highest BCUT2D eigenvalue weighted by Gasteiger charge is 2.55. The highest BCUT2D eigenvalue weighted by molar-refractivity contribution is 7.89. The van der Waals surface area contributed by atoms with Crippen molar-refractivity contribution in [3.8, 4) is 0 Å². The number of sulfonamides is 1. The van der Waals surface area contributed by atoms with Crippen LogP contribution in [0.1, 0.15) is 12.8 Å². The van der Waals surface area contributed by atoms with E-state index in [1.807, 2.05) is 0 Å². The Morgan fingerprint density at radius 2 is 1.89 bits per heavy atom. The van der Waals surface area contributed by atoms with Gasteiger partial charge in [0.1, 0.15) is 16.5 Å². The first-order chi connectivity index (χ1) is 8.83. The van der Waals surface area contributed by atoms with Crippen LogP contribution in [-0.4, -0.2) is 36.5 Å². The summed E-state index contributed by atoms with van der Waals surface area (Å²) in [6.45, 7) is -0.0341. The maximum absolute atomic E-state index is 13.5. The molecule has 0 spiro atoms. The summed E-state index contributed by atoms with van der Waals surface area (Å²) in [5.74, 6) is -1.78. The van der Waals surface area contributed by atoms with Crippen molar-refractivity contribution in [1.29, 1.82) is 0 Å². The number of hydrogen-bond acceptors (Lipinski definition) is 3. The minimum absolute atomic E-state index is 0.0170. The first-order valence-corrected chi connectivity index (χ1v) is 7.44. The third kappa shape index (κ3) is 2.05. The van der Waals surface area contributed by atoms with Crippen LogP contribution in [0.4, 0.5) is 8.78 Å². The van der Waals surface area contributed by atoms with Crippen LogP contribution in [0.15, 0.2) is 23.1 Å². The minimum Gasteiger partial charge on any atom is -0.387 e. The summed E-state index contributed by atoms with van der Waals surface area (Å²) in [5, 5.41) is 10.1. The van der Waals surface area contributed by atoms with Crippen molar-refractivity contribution >= 4 is 10.0 Å². The maximum Gasteiger partial charge on any atom is 0.246 e. The molecule has 3 rings (SSSR count). The van der Waals surface area contributed by atoms with Crippen molar-refractivity contribution in [3.63, 3.8) is 0 Å². The predicted octanol–water partition coefficient (Wildman–Crippen LogP) is 1.11. The standard InChI is InChI=1S/C12H13F2NO3S/c13-9-3-4-11(10(14)5-9)19(17,18)15-6-12(16,7-15)8-1-2-8/h3-5,8,16H,1-2,6-7H2. The molecule has 104 valence electrons. The van der Waals surface area contributed by atoms with Crippen LogP contribution in [0.25, 0.3) is 0 Å². The molecule has 7 heteroatoms. The lowest BCUT2D eigenvalue weighted by Crippen LogP contribution is -2.64. The Hall–Kier alpha value is -1.05. The first-order valence-electron chi connectivity index (χ1n) is 6.00. The van der Waals surface area contributed by atoms with Crippen molar-refractivity contribution in [2.24, 2.45) is 5.92 Å². The molecule has 0 atom stereocenters. The van der Waals surface area contributed by atoms with Gasteiger partial charge in [-0.05, 0) is 30.9 Å². The number of nitrogens with zero attached hydrogens (tertiary/aromatic N) is 1. The largest absolute Gasteiger partial charge is 0.387 e. The van der Waals surface area contributed by atoms with Crippen molar-refractivity contribution in [2.75, 3.05) is 13.1 Å². The van der Waals surface area contributed by atoms with Gasteiger partial charge in [0, 0.05) is 19.2 Å². The molecule has 1 heterocycles. The van der Waals surface area contributed by atoms with Crippen molar-refractivity contribution in [1.82, 2.24) is 4.31 Å². The average Bonchev–Trinajstić information content (AvgIpc) is 3.07. The van der Waals surface area contributed by atoms with Crippen molar-refractivity contribution in [2.45, 2.75) is 23.3 Å². The third-order valence-electron chi connectivity index (χ3n) is 3.75. The van der Waals surface area contributed by atoms with E-state index in [0.717, 1.165) is 29.3 Å². The van der Waals surface area contributed by atoms with Gasteiger partial charge in [0.05, 0.1) is 5.60 Å². The highest BCUT2D eigenvalue weighted by atomic mass is 32.2. The van der Waals surface area contributed by atoms with Gasteiger partial charge in [0.2, 0.25) is 10.0 Å². The fourth-order valence-corrected chi connectivity index (χ4v) is 4.05. The molecule has 4 nitrogen and oxygen atoms in total. The van der Waals surface area contributed by atoms with E-state index in [2.05, 4.69) is 0 Å². The number of aliphatic hydroxyl groups is 1. The predicted molar refractivity (Wildman–Crippen MR) is 62.8 cm³/mol. The molecule has 1 aromatic rings. The molecular weight excluding hydrogens is 276 g/mol. The summed E-state index contributed by atoms with van der Waals surface area (Å²) < 4.78 is 51.6. The summed E-state index contributed by atoms with van der Waals surface area (Å²) >= 11 is 0. The Morgan fingerprint density at radius 3 is 2.42 bits per heavy atom. The third-order valence-corrected chi connectivity index (χ3v) is 5.57. The number of hydrogen-bond donors (Lipinski definition) is 1.